The van der Waals surface area contributed by atoms with Crippen LogP contribution in [-0.4, -0.2) is 39.2 Å². The fraction of sp³-hybridized carbons (Fsp3) is 1.00. The minimum Gasteiger partial charge on any atom is -0.384 e. The Kier molecular flexibility index (Phi) is 4.34. The zero-order valence-corrected chi connectivity index (χ0v) is 9.42. The number of sulfone groups is 1. The molecular formula is C9H19NO3S. The van der Waals surface area contributed by atoms with Crippen LogP contribution in [0.5, 0.6) is 0 Å². The van der Waals surface area contributed by atoms with Gasteiger partial charge in [-0.1, -0.05) is 12.8 Å². The number of methoxy groups -OCH3 is 1. The monoisotopic (exact) mass is 221 g/mol. The SMILES string of the molecule is COCCS(=O)(=O)C1CCCCC1N. The highest BCUT2D eigenvalue weighted by molar-refractivity contribution is 7.92. The van der Waals surface area contributed by atoms with Crippen LogP contribution in [0, 0.1) is 0 Å². The molecule has 0 heterocycles. The molecule has 2 atom stereocenters. The van der Waals surface area contributed by atoms with E-state index in [4.69, 9.17) is 10.5 Å². The lowest BCUT2D eigenvalue weighted by molar-refractivity contribution is 0.216. The van der Waals surface area contributed by atoms with Gasteiger partial charge in [0.25, 0.3) is 0 Å². The van der Waals surface area contributed by atoms with Crippen LogP contribution >= 0.6 is 0 Å². The van der Waals surface area contributed by atoms with E-state index in [0.29, 0.717) is 6.42 Å². The quantitative estimate of drug-likeness (QED) is 0.742. The van der Waals surface area contributed by atoms with Gasteiger partial charge in [-0.25, -0.2) is 8.42 Å². The summed E-state index contributed by atoms with van der Waals surface area (Å²) in [5, 5.41) is -0.341. The highest BCUT2D eigenvalue weighted by Gasteiger charge is 2.32. The Balaban J connectivity index is 2.60. The fourth-order valence-electron chi connectivity index (χ4n) is 1.92. The van der Waals surface area contributed by atoms with Crippen molar-refractivity contribution in [3.05, 3.63) is 0 Å². The van der Waals surface area contributed by atoms with Gasteiger partial charge in [0.15, 0.2) is 9.84 Å². The highest BCUT2D eigenvalue weighted by atomic mass is 32.2. The van der Waals surface area contributed by atoms with E-state index in [-0.39, 0.29) is 23.7 Å². The summed E-state index contributed by atoms with van der Waals surface area (Å²) in [5.41, 5.74) is 5.82. The van der Waals surface area contributed by atoms with Gasteiger partial charge in [0.1, 0.15) is 0 Å². The van der Waals surface area contributed by atoms with Gasteiger partial charge in [0.05, 0.1) is 17.6 Å². The van der Waals surface area contributed by atoms with Crippen molar-refractivity contribution in [1.29, 1.82) is 0 Å². The lowest BCUT2D eigenvalue weighted by Crippen LogP contribution is -2.44. The van der Waals surface area contributed by atoms with Gasteiger partial charge < -0.3 is 10.5 Å². The first kappa shape index (κ1) is 11.9. The Labute approximate surface area is 85.7 Å². The third-order valence-corrected chi connectivity index (χ3v) is 5.03. The standard InChI is InChI=1S/C9H19NO3S/c1-13-6-7-14(11,12)9-5-3-2-4-8(9)10/h8-9H,2-7,10H2,1H3. The number of rotatable bonds is 4. The molecule has 0 aromatic carbocycles. The average Bonchev–Trinajstić information content (AvgIpc) is 2.15. The second-order valence-electron chi connectivity index (χ2n) is 3.85. The van der Waals surface area contributed by atoms with Crippen LogP contribution in [-0.2, 0) is 14.6 Å². The first-order valence-electron chi connectivity index (χ1n) is 5.04. The largest absolute Gasteiger partial charge is 0.384 e. The third kappa shape index (κ3) is 2.93. The van der Waals surface area contributed by atoms with Crippen molar-refractivity contribution >= 4 is 9.84 Å². The maximum atomic E-state index is 11.8. The normalized spacial score (nSPS) is 29.0. The summed E-state index contributed by atoms with van der Waals surface area (Å²) in [7, 11) is -1.53. The minimum absolute atomic E-state index is 0.0991. The van der Waals surface area contributed by atoms with Gasteiger partial charge in [-0.3, -0.25) is 0 Å². The van der Waals surface area contributed by atoms with E-state index in [1.54, 1.807) is 0 Å². The molecule has 1 fully saturated rings. The van der Waals surface area contributed by atoms with Gasteiger partial charge in [0.2, 0.25) is 0 Å². The number of ether oxygens (including phenoxy) is 1. The fourth-order valence-corrected chi connectivity index (χ4v) is 3.82. The summed E-state index contributed by atoms with van der Waals surface area (Å²) < 4.78 is 28.4. The molecule has 0 amide bonds. The summed E-state index contributed by atoms with van der Waals surface area (Å²) >= 11 is 0. The van der Waals surface area contributed by atoms with E-state index in [1.807, 2.05) is 0 Å². The number of hydrogen-bond donors (Lipinski definition) is 1. The van der Waals surface area contributed by atoms with Crippen molar-refractivity contribution in [3.8, 4) is 0 Å². The maximum absolute atomic E-state index is 11.8. The van der Waals surface area contributed by atoms with Gasteiger partial charge in [-0.2, -0.15) is 0 Å². The highest BCUT2D eigenvalue weighted by Crippen LogP contribution is 2.23. The van der Waals surface area contributed by atoms with Crippen LogP contribution in [0.4, 0.5) is 0 Å². The maximum Gasteiger partial charge on any atom is 0.156 e. The second kappa shape index (κ2) is 5.09. The zero-order chi connectivity index (χ0) is 10.6. The van der Waals surface area contributed by atoms with Gasteiger partial charge in [0, 0.05) is 13.2 Å². The average molecular weight is 221 g/mol. The first-order valence-corrected chi connectivity index (χ1v) is 6.75. The predicted molar refractivity (Wildman–Crippen MR) is 55.9 cm³/mol. The van der Waals surface area contributed by atoms with Crippen LogP contribution < -0.4 is 5.73 Å². The molecule has 0 bridgehead atoms. The van der Waals surface area contributed by atoms with E-state index in [2.05, 4.69) is 0 Å². The lowest BCUT2D eigenvalue weighted by atomic mass is 9.96. The Morgan fingerprint density at radius 2 is 2.00 bits per heavy atom. The molecule has 0 aromatic rings. The summed E-state index contributed by atoms with van der Waals surface area (Å²) in [5.74, 6) is 0.0991. The Morgan fingerprint density at radius 1 is 1.36 bits per heavy atom. The molecular weight excluding hydrogens is 202 g/mol. The molecule has 0 spiro atoms. The molecule has 84 valence electrons. The number of hydrogen-bond acceptors (Lipinski definition) is 4. The molecule has 2 N–H and O–H groups in total. The molecule has 1 saturated carbocycles. The van der Waals surface area contributed by atoms with Crippen molar-refractivity contribution in [2.75, 3.05) is 19.5 Å². The van der Waals surface area contributed by atoms with Crippen LogP contribution in [0.3, 0.4) is 0 Å². The van der Waals surface area contributed by atoms with E-state index in [0.717, 1.165) is 19.3 Å². The third-order valence-electron chi connectivity index (χ3n) is 2.79. The molecule has 1 rings (SSSR count). The summed E-state index contributed by atoms with van der Waals surface area (Å²) in [6, 6.07) is -0.175. The Morgan fingerprint density at radius 3 is 2.57 bits per heavy atom. The second-order valence-corrected chi connectivity index (χ2v) is 6.19. The lowest BCUT2D eigenvalue weighted by Gasteiger charge is -2.28. The van der Waals surface area contributed by atoms with Crippen molar-refractivity contribution < 1.29 is 13.2 Å². The zero-order valence-electron chi connectivity index (χ0n) is 8.61. The molecule has 0 aliphatic heterocycles. The van der Waals surface area contributed by atoms with E-state index in [9.17, 15) is 8.42 Å². The molecule has 5 heteroatoms. The van der Waals surface area contributed by atoms with E-state index >= 15 is 0 Å². The van der Waals surface area contributed by atoms with Crippen LogP contribution in [0.1, 0.15) is 25.7 Å². The number of nitrogens with two attached hydrogens (primary N) is 1. The Hall–Kier alpha value is -0.130. The van der Waals surface area contributed by atoms with Gasteiger partial charge in [-0.05, 0) is 12.8 Å². The molecule has 0 saturated heterocycles. The van der Waals surface area contributed by atoms with E-state index < -0.39 is 9.84 Å². The van der Waals surface area contributed by atoms with Crippen LogP contribution in [0.15, 0.2) is 0 Å². The predicted octanol–water partition coefficient (Wildman–Crippen LogP) is 0.318. The molecule has 1 aliphatic carbocycles. The molecule has 4 nitrogen and oxygen atoms in total. The molecule has 2 unspecified atom stereocenters. The van der Waals surface area contributed by atoms with Crippen molar-refractivity contribution in [2.24, 2.45) is 5.73 Å². The van der Waals surface area contributed by atoms with Crippen molar-refractivity contribution in [2.45, 2.75) is 37.0 Å². The molecule has 1 aliphatic rings. The smallest absolute Gasteiger partial charge is 0.156 e. The van der Waals surface area contributed by atoms with Gasteiger partial charge >= 0.3 is 0 Å². The van der Waals surface area contributed by atoms with E-state index in [1.165, 1.54) is 7.11 Å². The first-order chi connectivity index (χ1) is 6.58. The summed E-state index contributed by atoms with van der Waals surface area (Å²) in [6.45, 7) is 0.269. The summed E-state index contributed by atoms with van der Waals surface area (Å²) in [4.78, 5) is 0. The van der Waals surface area contributed by atoms with Crippen molar-refractivity contribution in [1.82, 2.24) is 0 Å². The van der Waals surface area contributed by atoms with Crippen LogP contribution in [0.2, 0.25) is 0 Å². The minimum atomic E-state index is -3.04. The topological polar surface area (TPSA) is 69.4 Å². The summed E-state index contributed by atoms with van der Waals surface area (Å²) in [6.07, 6.45) is 3.58. The van der Waals surface area contributed by atoms with Crippen LogP contribution in [0.25, 0.3) is 0 Å². The molecule has 0 aromatic heterocycles. The van der Waals surface area contributed by atoms with Gasteiger partial charge in [-0.15, -0.1) is 0 Å². The Bertz CT molecular complexity index is 263. The molecule has 14 heavy (non-hydrogen) atoms. The van der Waals surface area contributed by atoms with Crippen molar-refractivity contribution in [3.63, 3.8) is 0 Å². The molecule has 0 radical (unpaired) electrons.